The summed E-state index contributed by atoms with van der Waals surface area (Å²) in [5, 5.41) is 2.06. The fraction of sp³-hybridized carbons (Fsp3) is 0.286. The van der Waals surface area contributed by atoms with Crippen molar-refractivity contribution in [2.45, 2.75) is 4.90 Å². The lowest BCUT2D eigenvalue weighted by molar-refractivity contribution is 0.0701. The molecule has 0 spiro atoms. The first-order valence-electron chi connectivity index (χ1n) is 7.02. The molecular formula is C14H16N4O3S2. The maximum Gasteiger partial charge on any atom is 0.263 e. The summed E-state index contributed by atoms with van der Waals surface area (Å²) in [5.74, 6) is 0. The van der Waals surface area contributed by atoms with Gasteiger partial charge in [-0.3, -0.25) is 4.72 Å². The van der Waals surface area contributed by atoms with Gasteiger partial charge in [0.05, 0.1) is 30.1 Å². The van der Waals surface area contributed by atoms with Crippen LogP contribution in [0.2, 0.25) is 0 Å². The molecule has 0 aliphatic carbocycles. The number of aliphatic imine (C=N–C) groups is 1. The second-order valence-corrected chi connectivity index (χ2v) is 7.41. The summed E-state index contributed by atoms with van der Waals surface area (Å²) < 4.78 is 32.1. The first kappa shape index (κ1) is 15.9. The third-order valence-electron chi connectivity index (χ3n) is 3.22. The number of anilines is 1. The molecule has 0 amide bonds. The predicted octanol–water partition coefficient (Wildman–Crippen LogP) is 1.94. The standard InChI is InChI=1S/C14H16N4O3S2/c19-23(20,17-14-15-5-10-22-14)13-3-1-12(2-4-13)16-11-18-6-8-21-9-7-18/h1-5,10-11H,6-9H2,(H,15,17). The van der Waals surface area contributed by atoms with Gasteiger partial charge in [0.15, 0.2) is 5.13 Å². The number of hydrogen-bond acceptors (Lipinski definition) is 6. The van der Waals surface area contributed by atoms with Gasteiger partial charge in [0.2, 0.25) is 0 Å². The third-order valence-corrected chi connectivity index (χ3v) is 5.39. The van der Waals surface area contributed by atoms with E-state index < -0.39 is 10.0 Å². The second-order valence-electron chi connectivity index (χ2n) is 4.83. The van der Waals surface area contributed by atoms with Crippen molar-refractivity contribution >= 4 is 38.5 Å². The van der Waals surface area contributed by atoms with E-state index in [0.717, 1.165) is 13.1 Å². The Kier molecular flexibility index (Phi) is 4.89. The molecule has 9 heteroatoms. The number of aromatic nitrogens is 1. The second kappa shape index (κ2) is 7.07. The van der Waals surface area contributed by atoms with Crippen LogP contribution in [0, 0.1) is 0 Å². The molecular weight excluding hydrogens is 336 g/mol. The SMILES string of the molecule is O=S(=O)(Nc1nccs1)c1ccc(N=CN2CCOCC2)cc1. The van der Waals surface area contributed by atoms with E-state index in [1.54, 1.807) is 30.0 Å². The zero-order chi connectivity index (χ0) is 16.1. The van der Waals surface area contributed by atoms with Crippen LogP contribution >= 0.6 is 11.3 Å². The van der Waals surface area contributed by atoms with E-state index in [2.05, 4.69) is 19.6 Å². The number of benzene rings is 1. The van der Waals surface area contributed by atoms with Gasteiger partial charge in [-0.1, -0.05) is 0 Å². The Morgan fingerprint density at radius 2 is 2.00 bits per heavy atom. The smallest absolute Gasteiger partial charge is 0.263 e. The number of hydrogen-bond donors (Lipinski definition) is 1. The summed E-state index contributed by atoms with van der Waals surface area (Å²) in [6, 6.07) is 6.41. The molecule has 0 saturated carbocycles. The van der Waals surface area contributed by atoms with Gasteiger partial charge in [0.25, 0.3) is 10.0 Å². The molecule has 1 N–H and O–H groups in total. The Balaban J connectivity index is 1.67. The fourth-order valence-electron chi connectivity index (χ4n) is 2.00. The summed E-state index contributed by atoms with van der Waals surface area (Å²) in [6.07, 6.45) is 3.31. The van der Waals surface area contributed by atoms with Crippen LogP contribution in [0.15, 0.2) is 45.7 Å². The van der Waals surface area contributed by atoms with Crippen LogP contribution < -0.4 is 4.72 Å². The number of ether oxygens (including phenoxy) is 1. The van der Waals surface area contributed by atoms with Crippen LogP contribution in [0.1, 0.15) is 0 Å². The van der Waals surface area contributed by atoms with Crippen molar-refractivity contribution in [3.8, 4) is 0 Å². The number of thiazole rings is 1. The molecule has 1 fully saturated rings. The number of sulfonamides is 1. The lowest BCUT2D eigenvalue weighted by atomic mass is 10.3. The third kappa shape index (κ3) is 4.27. The van der Waals surface area contributed by atoms with Crippen molar-refractivity contribution < 1.29 is 13.2 Å². The molecule has 0 unspecified atom stereocenters. The van der Waals surface area contributed by atoms with Crippen molar-refractivity contribution in [1.82, 2.24) is 9.88 Å². The van der Waals surface area contributed by atoms with Gasteiger partial charge in [-0.05, 0) is 24.3 Å². The first-order valence-corrected chi connectivity index (χ1v) is 9.38. The van der Waals surface area contributed by atoms with Crippen molar-refractivity contribution in [3.63, 3.8) is 0 Å². The van der Waals surface area contributed by atoms with E-state index in [0.29, 0.717) is 24.0 Å². The molecule has 23 heavy (non-hydrogen) atoms. The Labute approximate surface area is 138 Å². The van der Waals surface area contributed by atoms with Gasteiger partial charge in [-0.2, -0.15) is 0 Å². The minimum atomic E-state index is -3.62. The van der Waals surface area contributed by atoms with Gasteiger partial charge in [-0.15, -0.1) is 11.3 Å². The highest BCUT2D eigenvalue weighted by atomic mass is 32.2. The molecule has 0 radical (unpaired) electrons. The van der Waals surface area contributed by atoms with Crippen LogP contribution in [-0.2, 0) is 14.8 Å². The van der Waals surface area contributed by atoms with Gasteiger partial charge in [-0.25, -0.2) is 18.4 Å². The van der Waals surface area contributed by atoms with Crippen LogP contribution in [0.25, 0.3) is 0 Å². The quantitative estimate of drug-likeness (QED) is 0.657. The Hall–Kier alpha value is -1.97. The van der Waals surface area contributed by atoms with Gasteiger partial charge >= 0.3 is 0 Å². The minimum absolute atomic E-state index is 0.179. The van der Waals surface area contributed by atoms with Crippen molar-refractivity contribution in [2.24, 2.45) is 4.99 Å². The summed E-state index contributed by atoms with van der Waals surface area (Å²) in [5.41, 5.74) is 0.699. The highest BCUT2D eigenvalue weighted by molar-refractivity contribution is 7.93. The van der Waals surface area contributed by atoms with E-state index in [-0.39, 0.29) is 4.90 Å². The van der Waals surface area contributed by atoms with Gasteiger partial charge in [0, 0.05) is 24.7 Å². The Bertz CT molecular complexity index is 752. The van der Waals surface area contributed by atoms with E-state index in [1.165, 1.54) is 23.5 Å². The number of nitrogens with one attached hydrogen (secondary N) is 1. The highest BCUT2D eigenvalue weighted by Gasteiger charge is 2.15. The molecule has 1 aromatic heterocycles. The monoisotopic (exact) mass is 352 g/mol. The van der Waals surface area contributed by atoms with Crippen molar-refractivity contribution in [2.75, 3.05) is 31.0 Å². The minimum Gasteiger partial charge on any atom is -0.378 e. The largest absolute Gasteiger partial charge is 0.378 e. The molecule has 2 heterocycles. The lowest BCUT2D eigenvalue weighted by Gasteiger charge is -2.24. The maximum absolute atomic E-state index is 12.2. The van der Waals surface area contributed by atoms with Crippen LogP contribution in [0.3, 0.4) is 0 Å². The summed E-state index contributed by atoms with van der Waals surface area (Å²) >= 11 is 1.23. The zero-order valence-corrected chi connectivity index (χ0v) is 13.9. The predicted molar refractivity (Wildman–Crippen MR) is 89.9 cm³/mol. The van der Waals surface area contributed by atoms with Crippen LogP contribution in [0.5, 0.6) is 0 Å². The molecule has 0 bridgehead atoms. The Morgan fingerprint density at radius 1 is 1.26 bits per heavy atom. The molecule has 0 atom stereocenters. The molecule has 1 saturated heterocycles. The first-order chi connectivity index (χ1) is 11.1. The van der Waals surface area contributed by atoms with Crippen LogP contribution in [-0.4, -0.2) is 50.9 Å². The molecule has 3 rings (SSSR count). The van der Waals surface area contributed by atoms with E-state index in [1.807, 2.05) is 0 Å². The molecule has 7 nitrogen and oxygen atoms in total. The van der Waals surface area contributed by atoms with E-state index >= 15 is 0 Å². The molecule has 122 valence electrons. The van der Waals surface area contributed by atoms with E-state index in [4.69, 9.17) is 4.74 Å². The maximum atomic E-state index is 12.2. The molecule has 1 aromatic carbocycles. The fourth-order valence-corrected chi connectivity index (χ4v) is 3.79. The number of nitrogens with zero attached hydrogens (tertiary/aromatic N) is 3. The highest BCUT2D eigenvalue weighted by Crippen LogP contribution is 2.20. The van der Waals surface area contributed by atoms with E-state index in [9.17, 15) is 8.42 Å². The normalized spacial score (nSPS) is 15.9. The van der Waals surface area contributed by atoms with Crippen molar-refractivity contribution in [3.05, 3.63) is 35.8 Å². The lowest BCUT2D eigenvalue weighted by Crippen LogP contribution is -2.34. The van der Waals surface area contributed by atoms with Gasteiger partial charge < -0.3 is 9.64 Å². The summed E-state index contributed by atoms with van der Waals surface area (Å²) in [6.45, 7) is 3.03. The average molecular weight is 352 g/mol. The number of morpholine rings is 1. The average Bonchev–Trinajstić information content (AvgIpc) is 3.06. The molecule has 1 aliphatic rings. The number of rotatable bonds is 5. The van der Waals surface area contributed by atoms with Gasteiger partial charge in [0.1, 0.15) is 0 Å². The summed E-state index contributed by atoms with van der Waals surface area (Å²) in [4.78, 5) is 10.5. The summed E-state index contributed by atoms with van der Waals surface area (Å²) in [7, 11) is -3.62. The Morgan fingerprint density at radius 3 is 2.65 bits per heavy atom. The topological polar surface area (TPSA) is 83.9 Å². The molecule has 2 aromatic rings. The molecule has 1 aliphatic heterocycles. The van der Waals surface area contributed by atoms with Crippen LogP contribution in [0.4, 0.5) is 10.8 Å². The zero-order valence-electron chi connectivity index (χ0n) is 12.3. The van der Waals surface area contributed by atoms with Crippen molar-refractivity contribution in [1.29, 1.82) is 0 Å².